The summed E-state index contributed by atoms with van der Waals surface area (Å²) in [4.78, 5) is 23.8. The molecule has 0 radical (unpaired) electrons. The number of para-hydroxylation sites is 1. The highest BCUT2D eigenvalue weighted by molar-refractivity contribution is 7.13. The monoisotopic (exact) mass is 305 g/mol. The maximum absolute atomic E-state index is 12.1. The Bertz CT molecular complexity index is 667. The van der Waals surface area contributed by atoms with Crippen molar-refractivity contribution < 1.29 is 9.72 Å². The van der Waals surface area contributed by atoms with E-state index >= 15 is 0 Å². The quantitative estimate of drug-likeness (QED) is 0.680. The summed E-state index contributed by atoms with van der Waals surface area (Å²) in [6.45, 7) is 0.433. The number of nitrogens with zero attached hydrogens (tertiary/aromatic N) is 2. The molecule has 0 atom stereocenters. The predicted molar refractivity (Wildman–Crippen MR) is 82.8 cm³/mol. The van der Waals surface area contributed by atoms with Gasteiger partial charge in [0.05, 0.1) is 10.5 Å². The van der Waals surface area contributed by atoms with E-state index in [4.69, 9.17) is 0 Å². The van der Waals surface area contributed by atoms with E-state index in [9.17, 15) is 14.9 Å². The molecule has 1 aromatic carbocycles. The molecule has 1 heterocycles. The normalized spacial score (nSPS) is 10.2. The van der Waals surface area contributed by atoms with Gasteiger partial charge in [-0.1, -0.05) is 23.5 Å². The minimum absolute atomic E-state index is 0.0885. The summed E-state index contributed by atoms with van der Waals surface area (Å²) in [7, 11) is 3.39. The summed E-state index contributed by atoms with van der Waals surface area (Å²) in [6, 6.07) is 8.74. The second kappa shape index (κ2) is 6.36. The highest BCUT2D eigenvalue weighted by atomic mass is 32.1. The van der Waals surface area contributed by atoms with Gasteiger partial charge in [-0.15, -0.1) is 0 Å². The van der Waals surface area contributed by atoms with Crippen LogP contribution in [0.5, 0.6) is 0 Å². The van der Waals surface area contributed by atoms with Crippen LogP contribution in [0.15, 0.2) is 35.7 Å². The van der Waals surface area contributed by atoms with Crippen molar-refractivity contribution in [1.29, 1.82) is 0 Å². The van der Waals surface area contributed by atoms with Gasteiger partial charge in [0, 0.05) is 37.8 Å². The van der Waals surface area contributed by atoms with E-state index in [0.29, 0.717) is 17.8 Å². The first-order valence-electron chi connectivity index (χ1n) is 6.25. The van der Waals surface area contributed by atoms with Crippen molar-refractivity contribution in [2.45, 2.75) is 6.54 Å². The maximum Gasteiger partial charge on any atom is 0.324 e. The van der Waals surface area contributed by atoms with E-state index in [1.807, 2.05) is 12.1 Å². The molecule has 0 aliphatic carbocycles. The van der Waals surface area contributed by atoms with Crippen LogP contribution in [-0.2, 0) is 6.54 Å². The number of nitro groups is 1. The lowest BCUT2D eigenvalue weighted by molar-refractivity contribution is -0.380. The first-order chi connectivity index (χ1) is 9.99. The number of carbonyl (C=O) groups excluding carboxylic acids is 1. The van der Waals surface area contributed by atoms with Crippen LogP contribution >= 0.6 is 11.3 Å². The summed E-state index contributed by atoms with van der Waals surface area (Å²) in [6.07, 6.45) is 0. The van der Waals surface area contributed by atoms with Crippen molar-refractivity contribution >= 4 is 27.9 Å². The molecule has 0 unspecified atom stereocenters. The minimum Gasteiger partial charge on any atom is -0.380 e. The molecule has 1 amide bonds. The van der Waals surface area contributed by atoms with Gasteiger partial charge in [-0.3, -0.25) is 14.9 Å². The fourth-order valence-electron chi connectivity index (χ4n) is 1.81. The molecule has 0 fully saturated rings. The Morgan fingerprint density at radius 2 is 2.10 bits per heavy atom. The van der Waals surface area contributed by atoms with Gasteiger partial charge in [-0.05, 0) is 17.7 Å². The minimum atomic E-state index is -0.405. The van der Waals surface area contributed by atoms with Gasteiger partial charge in [0.25, 0.3) is 5.91 Å². The molecule has 2 aromatic rings. The zero-order valence-corrected chi connectivity index (χ0v) is 12.5. The Kier molecular flexibility index (Phi) is 4.54. The highest BCUT2D eigenvalue weighted by Crippen LogP contribution is 2.24. The van der Waals surface area contributed by atoms with E-state index in [2.05, 4.69) is 5.32 Å². The van der Waals surface area contributed by atoms with Gasteiger partial charge < -0.3 is 10.2 Å². The summed E-state index contributed by atoms with van der Waals surface area (Å²) < 4.78 is 0. The molecular weight excluding hydrogens is 290 g/mol. The van der Waals surface area contributed by atoms with E-state index < -0.39 is 4.92 Å². The van der Waals surface area contributed by atoms with E-state index in [1.165, 1.54) is 11.0 Å². The molecule has 6 nitrogen and oxygen atoms in total. The molecule has 0 aliphatic heterocycles. The average molecular weight is 305 g/mol. The van der Waals surface area contributed by atoms with E-state index in [0.717, 1.165) is 16.9 Å². The number of hydrogen-bond donors (Lipinski definition) is 1. The Hall–Kier alpha value is -2.41. The number of nitrogens with one attached hydrogen (secondary N) is 1. The number of rotatable bonds is 5. The fourth-order valence-corrected chi connectivity index (χ4v) is 2.54. The fraction of sp³-hybridized carbons (Fsp3) is 0.214. The first kappa shape index (κ1) is 15.0. The van der Waals surface area contributed by atoms with Crippen molar-refractivity contribution in [2.24, 2.45) is 0 Å². The third kappa shape index (κ3) is 3.57. The third-order valence-corrected chi connectivity index (χ3v) is 3.80. The summed E-state index contributed by atoms with van der Waals surface area (Å²) in [5, 5.41) is 15.7. The van der Waals surface area contributed by atoms with Gasteiger partial charge in [0.2, 0.25) is 0 Å². The third-order valence-electron chi connectivity index (χ3n) is 2.87. The standard InChI is InChI=1S/C14H15N3O3S/c1-16(2)14(18)11-5-3-4-6-12(11)15-8-10-7-13(17(19)20)21-9-10/h3-7,9,15H,8H2,1-2H3. The lowest BCUT2D eigenvalue weighted by Gasteiger charge is -2.14. The van der Waals surface area contributed by atoms with Crippen LogP contribution in [-0.4, -0.2) is 29.8 Å². The van der Waals surface area contributed by atoms with Crippen molar-refractivity contribution in [2.75, 3.05) is 19.4 Å². The second-order valence-corrected chi connectivity index (χ2v) is 5.54. The molecule has 0 saturated heterocycles. The SMILES string of the molecule is CN(C)C(=O)c1ccccc1NCc1csc([N+](=O)[O-])c1. The molecule has 110 valence electrons. The van der Waals surface area contributed by atoms with E-state index in [-0.39, 0.29) is 10.9 Å². The van der Waals surface area contributed by atoms with Crippen molar-refractivity contribution in [3.63, 3.8) is 0 Å². The Morgan fingerprint density at radius 1 is 1.38 bits per heavy atom. The number of thiophene rings is 1. The van der Waals surface area contributed by atoms with Gasteiger partial charge in [-0.25, -0.2) is 0 Å². The number of anilines is 1. The number of carbonyl (C=O) groups is 1. The molecule has 0 aliphatic rings. The van der Waals surface area contributed by atoms with Gasteiger partial charge in [0.15, 0.2) is 0 Å². The number of amides is 1. The highest BCUT2D eigenvalue weighted by Gasteiger charge is 2.13. The van der Waals surface area contributed by atoms with Crippen LogP contribution in [0.3, 0.4) is 0 Å². The van der Waals surface area contributed by atoms with Crippen LogP contribution in [0.1, 0.15) is 15.9 Å². The molecular formula is C14H15N3O3S. The van der Waals surface area contributed by atoms with Gasteiger partial charge in [0.1, 0.15) is 0 Å². The molecule has 0 bridgehead atoms. The summed E-state index contributed by atoms with van der Waals surface area (Å²) in [5.74, 6) is -0.0885. The van der Waals surface area contributed by atoms with Gasteiger partial charge in [-0.2, -0.15) is 0 Å². The smallest absolute Gasteiger partial charge is 0.324 e. The van der Waals surface area contributed by atoms with Crippen LogP contribution in [0.4, 0.5) is 10.7 Å². The largest absolute Gasteiger partial charge is 0.380 e. The topological polar surface area (TPSA) is 75.5 Å². The Labute approximate surface area is 126 Å². The van der Waals surface area contributed by atoms with E-state index in [1.54, 1.807) is 31.6 Å². The number of hydrogen-bond acceptors (Lipinski definition) is 5. The molecule has 21 heavy (non-hydrogen) atoms. The van der Waals surface area contributed by atoms with Crippen molar-refractivity contribution in [3.8, 4) is 0 Å². The summed E-state index contributed by atoms with van der Waals surface area (Å²) >= 11 is 1.09. The van der Waals surface area contributed by atoms with Crippen LogP contribution in [0.25, 0.3) is 0 Å². The summed E-state index contributed by atoms with van der Waals surface area (Å²) in [5.41, 5.74) is 2.11. The zero-order chi connectivity index (χ0) is 15.4. The second-order valence-electron chi connectivity index (χ2n) is 4.65. The van der Waals surface area contributed by atoms with Crippen LogP contribution < -0.4 is 5.32 Å². The van der Waals surface area contributed by atoms with Crippen molar-refractivity contribution in [1.82, 2.24) is 4.90 Å². The molecule has 0 spiro atoms. The molecule has 1 aromatic heterocycles. The zero-order valence-electron chi connectivity index (χ0n) is 11.7. The molecule has 7 heteroatoms. The Morgan fingerprint density at radius 3 is 2.71 bits per heavy atom. The van der Waals surface area contributed by atoms with Gasteiger partial charge >= 0.3 is 5.00 Å². The predicted octanol–water partition coefficient (Wildman–Crippen LogP) is 2.97. The number of benzene rings is 1. The lowest BCUT2D eigenvalue weighted by atomic mass is 10.1. The maximum atomic E-state index is 12.1. The van der Waals surface area contributed by atoms with Crippen LogP contribution in [0, 0.1) is 10.1 Å². The molecule has 2 rings (SSSR count). The molecule has 1 N–H and O–H groups in total. The van der Waals surface area contributed by atoms with Crippen LogP contribution in [0.2, 0.25) is 0 Å². The average Bonchev–Trinajstić information content (AvgIpc) is 2.93. The Balaban J connectivity index is 2.12. The molecule has 0 saturated carbocycles. The van der Waals surface area contributed by atoms with Crippen molar-refractivity contribution in [3.05, 3.63) is 57.0 Å². The lowest BCUT2D eigenvalue weighted by Crippen LogP contribution is -2.22. The first-order valence-corrected chi connectivity index (χ1v) is 7.13.